The maximum absolute atomic E-state index is 12.9. The van der Waals surface area contributed by atoms with Crippen molar-refractivity contribution in [3.8, 4) is 0 Å². The van der Waals surface area contributed by atoms with E-state index in [-0.39, 0.29) is 11.9 Å². The van der Waals surface area contributed by atoms with Crippen molar-refractivity contribution < 1.29 is 9.32 Å². The number of aromatic nitrogens is 4. The topological polar surface area (TPSA) is 88.3 Å². The number of hydrogen-bond acceptors (Lipinski definition) is 7. The van der Waals surface area contributed by atoms with Gasteiger partial charge in [0.1, 0.15) is 5.69 Å². The maximum atomic E-state index is 12.9. The molecule has 24 heavy (non-hydrogen) atoms. The Bertz CT molecular complexity index is 740. The van der Waals surface area contributed by atoms with Crippen LogP contribution in [0.4, 0.5) is 5.95 Å². The molecule has 2 aromatic heterocycles. The Hall–Kier alpha value is -2.51. The number of carbonyl (C=O) groups is 1. The lowest BCUT2D eigenvalue weighted by molar-refractivity contribution is 0.0722. The van der Waals surface area contributed by atoms with Gasteiger partial charge in [-0.25, -0.2) is 9.97 Å². The molecule has 2 aliphatic rings. The molecule has 0 bridgehead atoms. The molecule has 1 atom stereocenters. The zero-order chi connectivity index (χ0) is 16.5. The Kier molecular flexibility index (Phi) is 3.87. The third kappa shape index (κ3) is 2.72. The lowest BCUT2D eigenvalue weighted by Gasteiger charge is -2.22. The molecule has 0 aromatic carbocycles. The van der Waals surface area contributed by atoms with Gasteiger partial charge >= 0.3 is 0 Å². The van der Waals surface area contributed by atoms with E-state index in [1.165, 1.54) is 0 Å². The van der Waals surface area contributed by atoms with Gasteiger partial charge in [-0.05, 0) is 31.7 Å². The Morgan fingerprint density at radius 1 is 1.21 bits per heavy atom. The summed E-state index contributed by atoms with van der Waals surface area (Å²) in [5.74, 6) is 1.64. The van der Waals surface area contributed by atoms with Crippen molar-refractivity contribution in [3.63, 3.8) is 0 Å². The summed E-state index contributed by atoms with van der Waals surface area (Å²) in [6.07, 6.45) is 5.72. The van der Waals surface area contributed by atoms with Crippen LogP contribution >= 0.6 is 0 Å². The fraction of sp³-hybridized carbons (Fsp3) is 0.562. The summed E-state index contributed by atoms with van der Waals surface area (Å²) in [5.41, 5.74) is 0.430. The minimum absolute atomic E-state index is 0.0946. The summed E-state index contributed by atoms with van der Waals surface area (Å²) in [7, 11) is 0. The third-order valence-electron chi connectivity index (χ3n) is 4.61. The number of likely N-dealkylation sites (tertiary alicyclic amines) is 1. The Morgan fingerprint density at radius 2 is 2.04 bits per heavy atom. The van der Waals surface area contributed by atoms with E-state index in [0.29, 0.717) is 29.9 Å². The van der Waals surface area contributed by atoms with Gasteiger partial charge in [-0.3, -0.25) is 4.79 Å². The van der Waals surface area contributed by atoms with Crippen LogP contribution < -0.4 is 4.90 Å². The molecule has 4 heterocycles. The third-order valence-corrected chi connectivity index (χ3v) is 4.61. The lowest BCUT2D eigenvalue weighted by Crippen LogP contribution is -2.32. The number of nitrogens with zero attached hydrogens (tertiary/aromatic N) is 6. The van der Waals surface area contributed by atoms with Crippen LogP contribution in [0.25, 0.3) is 0 Å². The van der Waals surface area contributed by atoms with E-state index in [2.05, 4.69) is 25.0 Å². The van der Waals surface area contributed by atoms with E-state index < -0.39 is 0 Å². The molecule has 2 saturated heterocycles. The molecular formula is C16H20N6O2. The molecule has 2 fully saturated rings. The fourth-order valence-corrected chi connectivity index (χ4v) is 3.41. The average molecular weight is 328 g/mol. The highest BCUT2D eigenvalue weighted by Gasteiger charge is 2.34. The van der Waals surface area contributed by atoms with Gasteiger partial charge in [0.25, 0.3) is 5.91 Å². The molecule has 8 heteroatoms. The summed E-state index contributed by atoms with van der Waals surface area (Å²) >= 11 is 0. The molecule has 0 saturated carbocycles. The Morgan fingerprint density at radius 3 is 2.79 bits per heavy atom. The second-order valence-corrected chi connectivity index (χ2v) is 6.26. The number of rotatable bonds is 3. The number of hydrogen-bond donors (Lipinski definition) is 0. The molecule has 0 N–H and O–H groups in total. The first-order valence-corrected chi connectivity index (χ1v) is 8.41. The van der Waals surface area contributed by atoms with Crippen molar-refractivity contribution in [2.45, 2.75) is 38.6 Å². The summed E-state index contributed by atoms with van der Waals surface area (Å²) in [6.45, 7) is 4.34. The smallest absolute Gasteiger partial charge is 0.273 e. The first-order chi connectivity index (χ1) is 11.7. The largest absolute Gasteiger partial charge is 0.341 e. The minimum Gasteiger partial charge on any atom is -0.341 e. The van der Waals surface area contributed by atoms with Gasteiger partial charge in [-0.15, -0.1) is 0 Å². The van der Waals surface area contributed by atoms with Crippen molar-refractivity contribution in [2.75, 3.05) is 24.5 Å². The summed E-state index contributed by atoms with van der Waals surface area (Å²) in [4.78, 5) is 29.9. The first kappa shape index (κ1) is 15.0. The molecule has 1 amide bonds. The van der Waals surface area contributed by atoms with Crippen LogP contribution in [0.15, 0.2) is 16.8 Å². The highest BCUT2D eigenvalue weighted by atomic mass is 16.5. The van der Waals surface area contributed by atoms with Gasteiger partial charge < -0.3 is 14.3 Å². The van der Waals surface area contributed by atoms with Crippen molar-refractivity contribution >= 4 is 11.9 Å². The van der Waals surface area contributed by atoms with Crippen LogP contribution in [0.3, 0.4) is 0 Å². The Labute approximate surface area is 139 Å². The van der Waals surface area contributed by atoms with E-state index in [0.717, 1.165) is 38.8 Å². The van der Waals surface area contributed by atoms with E-state index in [1.807, 2.05) is 0 Å². The predicted octanol–water partition coefficient (Wildman–Crippen LogP) is 1.75. The van der Waals surface area contributed by atoms with Gasteiger partial charge in [0.15, 0.2) is 5.82 Å². The van der Waals surface area contributed by atoms with Crippen LogP contribution in [0.2, 0.25) is 0 Å². The van der Waals surface area contributed by atoms with Gasteiger partial charge in [0.2, 0.25) is 11.8 Å². The quantitative estimate of drug-likeness (QED) is 0.848. The first-order valence-electron chi connectivity index (χ1n) is 8.41. The SMILES string of the molecule is Cc1nc([C@@H]2CCCN2C(=O)c2ccnc(N3CCCC3)n2)no1. The standard InChI is InChI=1S/C16H20N6O2/c1-11-18-14(20-24-11)13-5-4-10-22(13)15(23)12-6-7-17-16(19-12)21-8-2-3-9-21/h6-7,13H,2-5,8-10H2,1H3/t13-/m0/s1. The summed E-state index contributed by atoms with van der Waals surface area (Å²) in [6, 6.07) is 1.54. The predicted molar refractivity (Wildman–Crippen MR) is 85.5 cm³/mol. The van der Waals surface area contributed by atoms with Crippen molar-refractivity contribution in [1.82, 2.24) is 25.0 Å². The summed E-state index contributed by atoms with van der Waals surface area (Å²) < 4.78 is 5.07. The molecule has 0 unspecified atom stereocenters. The zero-order valence-corrected chi connectivity index (χ0v) is 13.7. The highest BCUT2D eigenvalue weighted by Crippen LogP contribution is 2.31. The molecule has 2 aliphatic heterocycles. The molecule has 126 valence electrons. The number of aryl methyl sites for hydroxylation is 1. The number of carbonyl (C=O) groups excluding carboxylic acids is 1. The van der Waals surface area contributed by atoms with E-state index >= 15 is 0 Å². The van der Waals surface area contributed by atoms with Crippen LogP contribution in [-0.2, 0) is 0 Å². The van der Waals surface area contributed by atoms with Gasteiger partial charge in [-0.2, -0.15) is 4.98 Å². The van der Waals surface area contributed by atoms with Gasteiger partial charge in [-0.1, -0.05) is 5.16 Å². The molecule has 8 nitrogen and oxygen atoms in total. The number of anilines is 1. The fourth-order valence-electron chi connectivity index (χ4n) is 3.41. The van der Waals surface area contributed by atoms with E-state index in [4.69, 9.17) is 4.52 Å². The van der Waals surface area contributed by atoms with E-state index in [9.17, 15) is 4.79 Å². The molecular weight excluding hydrogens is 308 g/mol. The van der Waals surface area contributed by atoms with Crippen LogP contribution in [0.5, 0.6) is 0 Å². The van der Waals surface area contributed by atoms with Crippen LogP contribution in [-0.4, -0.2) is 50.5 Å². The molecule has 0 aliphatic carbocycles. The van der Waals surface area contributed by atoms with Crippen LogP contribution in [0.1, 0.15) is 53.9 Å². The second kappa shape index (κ2) is 6.18. The van der Waals surface area contributed by atoms with Gasteiger partial charge in [0.05, 0.1) is 6.04 Å². The van der Waals surface area contributed by atoms with Crippen molar-refractivity contribution in [1.29, 1.82) is 0 Å². The normalized spacial score (nSPS) is 20.8. The molecule has 0 radical (unpaired) electrons. The molecule has 2 aromatic rings. The highest BCUT2D eigenvalue weighted by molar-refractivity contribution is 5.93. The lowest BCUT2D eigenvalue weighted by atomic mass is 10.2. The van der Waals surface area contributed by atoms with Crippen molar-refractivity contribution in [3.05, 3.63) is 29.7 Å². The Balaban J connectivity index is 1.57. The molecule has 0 spiro atoms. The minimum atomic E-state index is -0.139. The summed E-state index contributed by atoms with van der Waals surface area (Å²) in [5, 5.41) is 3.98. The zero-order valence-electron chi connectivity index (χ0n) is 13.7. The number of amides is 1. The molecule has 4 rings (SSSR count). The average Bonchev–Trinajstić information content (AvgIpc) is 3.35. The van der Waals surface area contributed by atoms with Crippen molar-refractivity contribution in [2.24, 2.45) is 0 Å². The monoisotopic (exact) mass is 328 g/mol. The maximum Gasteiger partial charge on any atom is 0.273 e. The van der Waals surface area contributed by atoms with Crippen LogP contribution in [0, 0.1) is 6.92 Å². The second-order valence-electron chi connectivity index (χ2n) is 6.26. The van der Waals surface area contributed by atoms with E-state index in [1.54, 1.807) is 24.1 Å². The van der Waals surface area contributed by atoms with Gasteiger partial charge in [0, 0.05) is 32.8 Å².